The fourth-order valence-electron chi connectivity index (χ4n) is 1.83. The Morgan fingerprint density at radius 1 is 1.47 bits per heavy atom. The van der Waals surface area contributed by atoms with Gasteiger partial charge in [0, 0.05) is 16.7 Å². The third-order valence-corrected chi connectivity index (χ3v) is 4.39. The SMILES string of the molecule is CCOC(=O)Sc1nnc2n1-c1ccccc1SC2. The summed E-state index contributed by atoms with van der Waals surface area (Å²) in [6.07, 6.45) is 0. The Kier molecular flexibility index (Phi) is 3.48. The van der Waals surface area contributed by atoms with Crippen LogP contribution < -0.4 is 0 Å². The second-order valence-corrected chi connectivity index (χ2v) is 5.70. The summed E-state index contributed by atoms with van der Waals surface area (Å²) in [6, 6.07) is 8.03. The third-order valence-electron chi connectivity index (χ3n) is 2.60. The minimum atomic E-state index is -0.353. The first-order valence-corrected chi connectivity index (χ1v) is 7.61. The van der Waals surface area contributed by atoms with E-state index in [4.69, 9.17) is 4.74 Å². The van der Waals surface area contributed by atoms with Crippen LogP contribution in [0.1, 0.15) is 12.7 Å². The number of aromatic nitrogens is 3. The van der Waals surface area contributed by atoms with Gasteiger partial charge in [0.2, 0.25) is 5.16 Å². The molecule has 0 unspecified atom stereocenters. The number of para-hydroxylation sites is 1. The van der Waals surface area contributed by atoms with E-state index in [0.717, 1.165) is 29.0 Å². The van der Waals surface area contributed by atoms with Crippen molar-refractivity contribution in [3.05, 3.63) is 30.1 Å². The number of thioether (sulfide) groups is 2. The predicted molar refractivity (Wildman–Crippen MR) is 73.8 cm³/mol. The molecular weight excluding hydrogens is 282 g/mol. The number of nitrogens with zero attached hydrogens (tertiary/aromatic N) is 3. The van der Waals surface area contributed by atoms with Crippen LogP contribution >= 0.6 is 23.5 Å². The zero-order chi connectivity index (χ0) is 13.2. The molecule has 0 aliphatic carbocycles. The van der Waals surface area contributed by atoms with Crippen LogP contribution in [0, 0.1) is 0 Å². The van der Waals surface area contributed by atoms with Crippen molar-refractivity contribution >= 4 is 28.8 Å². The topological polar surface area (TPSA) is 57.0 Å². The van der Waals surface area contributed by atoms with E-state index >= 15 is 0 Å². The number of rotatable bonds is 2. The maximum atomic E-state index is 11.6. The Morgan fingerprint density at radius 3 is 3.16 bits per heavy atom. The monoisotopic (exact) mass is 293 g/mol. The smallest absolute Gasteiger partial charge is 0.375 e. The molecule has 1 aliphatic rings. The van der Waals surface area contributed by atoms with E-state index in [9.17, 15) is 4.79 Å². The number of hydrogen-bond donors (Lipinski definition) is 0. The van der Waals surface area contributed by atoms with Gasteiger partial charge in [0.25, 0.3) is 0 Å². The zero-order valence-corrected chi connectivity index (χ0v) is 11.8. The van der Waals surface area contributed by atoms with Crippen LogP contribution in [0.5, 0.6) is 0 Å². The van der Waals surface area contributed by atoms with E-state index in [2.05, 4.69) is 16.3 Å². The number of carbonyl (C=O) groups excluding carboxylic acids is 1. The summed E-state index contributed by atoms with van der Waals surface area (Å²) in [7, 11) is 0. The molecule has 7 heteroatoms. The van der Waals surface area contributed by atoms with E-state index in [1.54, 1.807) is 18.7 Å². The second-order valence-electron chi connectivity index (χ2n) is 3.78. The van der Waals surface area contributed by atoms with Gasteiger partial charge in [0.15, 0.2) is 0 Å². The van der Waals surface area contributed by atoms with Crippen LogP contribution in [0.3, 0.4) is 0 Å². The van der Waals surface area contributed by atoms with Crippen molar-refractivity contribution < 1.29 is 9.53 Å². The van der Waals surface area contributed by atoms with Crippen molar-refractivity contribution in [3.63, 3.8) is 0 Å². The largest absolute Gasteiger partial charge is 0.458 e. The standard InChI is InChI=1S/C12H11N3O2S2/c1-2-17-12(16)19-11-14-13-10-7-18-9-6-4-3-5-8(9)15(10)11/h3-6H,2,7H2,1H3. The first kappa shape index (κ1) is 12.6. The molecule has 5 nitrogen and oxygen atoms in total. The van der Waals surface area contributed by atoms with Crippen LogP contribution in [-0.2, 0) is 10.5 Å². The molecular formula is C12H11N3O2S2. The Bertz CT molecular complexity index is 627. The van der Waals surface area contributed by atoms with Gasteiger partial charge in [-0.2, -0.15) is 0 Å². The van der Waals surface area contributed by atoms with Gasteiger partial charge in [-0.25, -0.2) is 4.79 Å². The van der Waals surface area contributed by atoms with E-state index in [-0.39, 0.29) is 5.30 Å². The van der Waals surface area contributed by atoms with Gasteiger partial charge < -0.3 is 4.74 Å². The highest BCUT2D eigenvalue weighted by molar-refractivity contribution is 8.13. The van der Waals surface area contributed by atoms with Crippen molar-refractivity contribution in [3.8, 4) is 5.69 Å². The van der Waals surface area contributed by atoms with E-state index in [0.29, 0.717) is 11.8 Å². The number of ether oxygens (including phenoxy) is 1. The summed E-state index contributed by atoms with van der Waals surface area (Å²) >= 11 is 2.70. The second kappa shape index (κ2) is 5.26. The van der Waals surface area contributed by atoms with Crippen molar-refractivity contribution in [1.82, 2.24) is 14.8 Å². The normalized spacial score (nSPS) is 12.7. The minimum absolute atomic E-state index is 0.353. The lowest BCUT2D eigenvalue weighted by molar-refractivity contribution is 0.181. The Hall–Kier alpha value is -1.47. The molecule has 0 saturated carbocycles. The van der Waals surface area contributed by atoms with Crippen LogP contribution in [0.25, 0.3) is 5.69 Å². The minimum Gasteiger partial charge on any atom is -0.458 e. The summed E-state index contributed by atoms with van der Waals surface area (Å²) in [5.74, 6) is 1.61. The molecule has 0 radical (unpaired) electrons. The van der Waals surface area contributed by atoms with Crippen molar-refractivity contribution in [2.75, 3.05) is 6.61 Å². The van der Waals surface area contributed by atoms with Gasteiger partial charge in [-0.3, -0.25) is 4.57 Å². The van der Waals surface area contributed by atoms with Gasteiger partial charge in [-0.1, -0.05) is 12.1 Å². The van der Waals surface area contributed by atoms with Gasteiger partial charge in [-0.15, -0.1) is 22.0 Å². The van der Waals surface area contributed by atoms with Gasteiger partial charge in [0.1, 0.15) is 5.82 Å². The molecule has 0 amide bonds. The molecule has 98 valence electrons. The first-order chi connectivity index (χ1) is 9.29. The first-order valence-electron chi connectivity index (χ1n) is 5.80. The zero-order valence-electron chi connectivity index (χ0n) is 10.2. The molecule has 0 spiro atoms. The van der Waals surface area contributed by atoms with Crippen LogP contribution in [-0.4, -0.2) is 26.7 Å². The summed E-state index contributed by atoms with van der Waals surface area (Å²) in [5, 5.41) is 8.42. The molecule has 0 fully saturated rings. The molecule has 0 saturated heterocycles. The van der Waals surface area contributed by atoms with Gasteiger partial charge in [0.05, 0.1) is 18.0 Å². The lowest BCUT2D eigenvalue weighted by Gasteiger charge is -2.17. The van der Waals surface area contributed by atoms with E-state index < -0.39 is 0 Å². The molecule has 19 heavy (non-hydrogen) atoms. The highest BCUT2D eigenvalue weighted by atomic mass is 32.2. The molecule has 0 bridgehead atoms. The Balaban J connectivity index is 1.99. The average molecular weight is 293 g/mol. The van der Waals surface area contributed by atoms with Crippen molar-refractivity contribution in [1.29, 1.82) is 0 Å². The molecule has 3 rings (SSSR count). The van der Waals surface area contributed by atoms with Gasteiger partial charge in [-0.05, 0) is 19.1 Å². The fourth-order valence-corrected chi connectivity index (χ4v) is 3.49. The van der Waals surface area contributed by atoms with E-state index in [1.165, 1.54) is 4.90 Å². The van der Waals surface area contributed by atoms with Crippen molar-refractivity contribution in [2.24, 2.45) is 0 Å². The van der Waals surface area contributed by atoms with Crippen molar-refractivity contribution in [2.45, 2.75) is 22.7 Å². The summed E-state index contributed by atoms with van der Waals surface area (Å²) in [4.78, 5) is 12.7. The quantitative estimate of drug-likeness (QED) is 0.626. The summed E-state index contributed by atoms with van der Waals surface area (Å²) in [5.41, 5.74) is 1.02. The highest BCUT2D eigenvalue weighted by Crippen LogP contribution is 2.37. The molecule has 2 aromatic rings. The summed E-state index contributed by atoms with van der Waals surface area (Å²) in [6.45, 7) is 2.14. The van der Waals surface area contributed by atoms with E-state index in [1.807, 2.05) is 22.8 Å². The molecule has 1 aromatic carbocycles. The predicted octanol–water partition coefficient (Wildman–Crippen LogP) is 3.12. The highest BCUT2D eigenvalue weighted by Gasteiger charge is 2.23. The molecule has 0 atom stereocenters. The number of fused-ring (bicyclic) bond motifs is 3. The maximum absolute atomic E-state index is 11.6. The molecule has 1 aliphatic heterocycles. The maximum Gasteiger partial charge on any atom is 0.375 e. The summed E-state index contributed by atoms with van der Waals surface area (Å²) < 4.78 is 6.86. The third kappa shape index (κ3) is 2.35. The Morgan fingerprint density at radius 2 is 2.32 bits per heavy atom. The number of benzene rings is 1. The lowest BCUT2D eigenvalue weighted by atomic mass is 10.3. The average Bonchev–Trinajstić information content (AvgIpc) is 2.82. The Labute approximate surface area is 118 Å². The number of carbonyl (C=O) groups is 1. The lowest BCUT2D eigenvalue weighted by Crippen LogP contribution is -2.08. The molecule has 0 N–H and O–H groups in total. The number of hydrogen-bond acceptors (Lipinski definition) is 6. The molecule has 1 aromatic heterocycles. The van der Waals surface area contributed by atoms with Gasteiger partial charge >= 0.3 is 5.30 Å². The van der Waals surface area contributed by atoms with Crippen LogP contribution in [0.2, 0.25) is 0 Å². The van der Waals surface area contributed by atoms with Crippen LogP contribution in [0.15, 0.2) is 34.3 Å². The fraction of sp³-hybridized carbons (Fsp3) is 0.250. The van der Waals surface area contributed by atoms with Crippen LogP contribution in [0.4, 0.5) is 4.79 Å². The molecule has 2 heterocycles.